The predicted molar refractivity (Wildman–Crippen MR) is 110 cm³/mol. The Morgan fingerprint density at radius 1 is 0.929 bits per heavy atom. The maximum atomic E-state index is 13.2. The summed E-state index contributed by atoms with van der Waals surface area (Å²) in [7, 11) is 1.62. The van der Waals surface area contributed by atoms with E-state index in [1.165, 1.54) is 0 Å². The number of aryl methyl sites for hydroxylation is 1. The molecule has 138 valence electrons. The minimum absolute atomic E-state index is 0.169. The topological polar surface area (TPSA) is 54.8 Å². The number of aliphatic imine (C=N–C) groups is 1. The molecule has 2 heterocycles. The first kappa shape index (κ1) is 17.7. The molecular weight excluding hydrogens is 350 g/mol. The molecule has 0 N–H and O–H groups in total. The Labute approximate surface area is 163 Å². The molecule has 1 aromatic heterocycles. The minimum Gasteiger partial charge on any atom is -0.497 e. The number of amidine groups is 1. The zero-order chi connectivity index (χ0) is 19.5. The molecule has 4 rings (SSSR count). The number of carbonyl (C=O) groups is 1. The van der Waals surface area contributed by atoms with Gasteiger partial charge in [0, 0.05) is 18.0 Å². The van der Waals surface area contributed by atoms with Gasteiger partial charge in [-0.15, -0.1) is 0 Å². The Morgan fingerprint density at radius 3 is 2.25 bits per heavy atom. The fourth-order valence-corrected chi connectivity index (χ4v) is 3.00. The van der Waals surface area contributed by atoms with Crippen LogP contribution in [0, 0.1) is 6.92 Å². The van der Waals surface area contributed by atoms with E-state index in [1.807, 2.05) is 67.6 Å². The standard InChI is InChI=1S/C23H19N3O2/c1-16-3-5-18(6-4-16)22-25-21(15-17-11-13-24-14-12-17)23(27)26(22)19-7-9-20(28-2)10-8-19/h3-15H,1-2H3/b21-15+. The van der Waals surface area contributed by atoms with Gasteiger partial charge >= 0.3 is 0 Å². The van der Waals surface area contributed by atoms with E-state index < -0.39 is 0 Å². The van der Waals surface area contributed by atoms with Crippen molar-refractivity contribution in [2.75, 3.05) is 12.0 Å². The third-order valence-corrected chi connectivity index (χ3v) is 4.51. The number of ether oxygens (including phenoxy) is 1. The van der Waals surface area contributed by atoms with Crippen LogP contribution in [0.1, 0.15) is 16.7 Å². The van der Waals surface area contributed by atoms with Crippen molar-refractivity contribution < 1.29 is 9.53 Å². The Kier molecular flexibility index (Phi) is 4.72. The van der Waals surface area contributed by atoms with Crippen molar-refractivity contribution in [1.82, 2.24) is 4.98 Å². The first-order chi connectivity index (χ1) is 13.7. The molecule has 0 spiro atoms. The van der Waals surface area contributed by atoms with E-state index in [-0.39, 0.29) is 5.91 Å². The number of anilines is 1. The lowest BCUT2D eigenvalue weighted by Gasteiger charge is -2.19. The van der Waals surface area contributed by atoms with E-state index in [4.69, 9.17) is 4.74 Å². The molecular formula is C23H19N3O2. The lowest BCUT2D eigenvalue weighted by Crippen LogP contribution is -2.32. The normalized spacial score (nSPS) is 15.1. The van der Waals surface area contributed by atoms with Crippen molar-refractivity contribution in [3.8, 4) is 5.75 Å². The Hall–Kier alpha value is -3.73. The number of amides is 1. The molecule has 0 fully saturated rings. The summed E-state index contributed by atoms with van der Waals surface area (Å²) in [6.07, 6.45) is 5.16. The highest BCUT2D eigenvalue weighted by molar-refractivity contribution is 6.33. The summed E-state index contributed by atoms with van der Waals surface area (Å²) in [4.78, 5) is 23.5. The van der Waals surface area contributed by atoms with E-state index in [0.717, 1.165) is 28.1 Å². The second-order valence-corrected chi connectivity index (χ2v) is 6.45. The van der Waals surface area contributed by atoms with Crippen molar-refractivity contribution >= 4 is 23.5 Å². The second-order valence-electron chi connectivity index (χ2n) is 6.45. The van der Waals surface area contributed by atoms with Crippen LogP contribution in [0.5, 0.6) is 5.75 Å². The molecule has 0 atom stereocenters. The molecule has 0 bridgehead atoms. The van der Waals surface area contributed by atoms with Crippen molar-refractivity contribution in [3.05, 3.63) is 95.4 Å². The molecule has 5 heteroatoms. The molecule has 0 saturated heterocycles. The van der Waals surface area contributed by atoms with Gasteiger partial charge in [0.2, 0.25) is 0 Å². The van der Waals surface area contributed by atoms with Crippen LogP contribution >= 0.6 is 0 Å². The highest BCUT2D eigenvalue weighted by Crippen LogP contribution is 2.29. The summed E-state index contributed by atoms with van der Waals surface area (Å²) in [5, 5.41) is 0. The smallest absolute Gasteiger partial charge is 0.282 e. The van der Waals surface area contributed by atoms with E-state index in [0.29, 0.717) is 11.5 Å². The quantitative estimate of drug-likeness (QED) is 0.647. The largest absolute Gasteiger partial charge is 0.497 e. The average molecular weight is 369 g/mol. The SMILES string of the molecule is COc1ccc(N2C(=O)/C(=C\c3ccncc3)N=C2c2ccc(C)cc2)cc1. The van der Waals surface area contributed by atoms with Crippen LogP contribution < -0.4 is 9.64 Å². The fourth-order valence-electron chi connectivity index (χ4n) is 3.00. The van der Waals surface area contributed by atoms with E-state index in [2.05, 4.69) is 9.98 Å². The third kappa shape index (κ3) is 3.42. The summed E-state index contributed by atoms with van der Waals surface area (Å²) < 4.78 is 5.23. The van der Waals surface area contributed by atoms with Crippen LogP contribution in [-0.4, -0.2) is 23.8 Å². The van der Waals surface area contributed by atoms with Crippen LogP contribution in [0.15, 0.2) is 83.7 Å². The maximum Gasteiger partial charge on any atom is 0.282 e. The lowest BCUT2D eigenvalue weighted by atomic mass is 10.1. The van der Waals surface area contributed by atoms with E-state index >= 15 is 0 Å². The number of carbonyl (C=O) groups excluding carboxylic acids is 1. The molecule has 1 aliphatic rings. The van der Waals surface area contributed by atoms with E-state index in [1.54, 1.807) is 30.5 Å². The number of benzene rings is 2. The monoisotopic (exact) mass is 369 g/mol. The zero-order valence-electron chi connectivity index (χ0n) is 15.7. The lowest BCUT2D eigenvalue weighted by molar-refractivity contribution is -0.113. The van der Waals surface area contributed by atoms with Crippen LogP contribution in [0.4, 0.5) is 5.69 Å². The molecule has 1 amide bonds. The number of pyridine rings is 1. The summed E-state index contributed by atoms with van der Waals surface area (Å²) in [6.45, 7) is 2.03. The summed E-state index contributed by atoms with van der Waals surface area (Å²) in [5.41, 5.74) is 4.04. The predicted octanol–water partition coefficient (Wildman–Crippen LogP) is 4.23. The summed E-state index contributed by atoms with van der Waals surface area (Å²) >= 11 is 0. The van der Waals surface area contributed by atoms with Gasteiger partial charge in [-0.1, -0.05) is 29.8 Å². The molecule has 0 aliphatic carbocycles. The van der Waals surface area contributed by atoms with Crippen LogP contribution in [0.2, 0.25) is 0 Å². The van der Waals surface area contributed by atoms with Crippen molar-refractivity contribution in [2.45, 2.75) is 6.92 Å². The van der Waals surface area contributed by atoms with Gasteiger partial charge in [-0.05, 0) is 55.0 Å². The Morgan fingerprint density at radius 2 is 1.61 bits per heavy atom. The van der Waals surface area contributed by atoms with Gasteiger partial charge in [0.15, 0.2) is 0 Å². The van der Waals surface area contributed by atoms with Gasteiger partial charge in [0.1, 0.15) is 17.3 Å². The van der Waals surface area contributed by atoms with Crippen molar-refractivity contribution in [2.24, 2.45) is 4.99 Å². The minimum atomic E-state index is -0.169. The van der Waals surface area contributed by atoms with Gasteiger partial charge in [0.05, 0.1) is 12.8 Å². The molecule has 1 aliphatic heterocycles. The van der Waals surface area contributed by atoms with Gasteiger partial charge < -0.3 is 4.74 Å². The molecule has 5 nitrogen and oxygen atoms in total. The van der Waals surface area contributed by atoms with E-state index in [9.17, 15) is 4.79 Å². The molecule has 0 saturated carbocycles. The highest BCUT2D eigenvalue weighted by atomic mass is 16.5. The Bertz CT molecular complexity index is 1050. The van der Waals surface area contributed by atoms with Gasteiger partial charge in [-0.25, -0.2) is 4.99 Å². The number of rotatable bonds is 4. The van der Waals surface area contributed by atoms with Crippen LogP contribution in [0.3, 0.4) is 0 Å². The first-order valence-electron chi connectivity index (χ1n) is 8.92. The number of hydrogen-bond donors (Lipinski definition) is 0. The van der Waals surface area contributed by atoms with Gasteiger partial charge in [-0.2, -0.15) is 0 Å². The molecule has 0 unspecified atom stereocenters. The summed E-state index contributed by atoms with van der Waals surface area (Å²) in [5.74, 6) is 1.17. The highest BCUT2D eigenvalue weighted by Gasteiger charge is 2.32. The molecule has 0 radical (unpaired) electrons. The summed E-state index contributed by atoms with van der Waals surface area (Å²) in [6, 6.07) is 19.1. The number of hydrogen-bond acceptors (Lipinski definition) is 4. The van der Waals surface area contributed by atoms with Gasteiger partial charge in [0.25, 0.3) is 5.91 Å². The van der Waals surface area contributed by atoms with Crippen molar-refractivity contribution in [3.63, 3.8) is 0 Å². The maximum absolute atomic E-state index is 13.2. The molecule has 28 heavy (non-hydrogen) atoms. The van der Waals surface area contributed by atoms with Gasteiger partial charge in [-0.3, -0.25) is 14.7 Å². The van der Waals surface area contributed by atoms with Crippen LogP contribution in [-0.2, 0) is 4.79 Å². The second kappa shape index (κ2) is 7.48. The number of methoxy groups -OCH3 is 1. The Balaban J connectivity index is 1.80. The molecule has 2 aromatic carbocycles. The zero-order valence-corrected chi connectivity index (χ0v) is 15.7. The molecule has 3 aromatic rings. The van der Waals surface area contributed by atoms with Crippen molar-refractivity contribution in [1.29, 1.82) is 0 Å². The number of nitrogens with zero attached hydrogens (tertiary/aromatic N) is 3. The average Bonchev–Trinajstić information content (AvgIpc) is 3.05. The van der Waals surface area contributed by atoms with Crippen LogP contribution in [0.25, 0.3) is 6.08 Å². The number of aromatic nitrogens is 1. The first-order valence-corrected chi connectivity index (χ1v) is 8.92. The fraction of sp³-hybridized carbons (Fsp3) is 0.0870. The third-order valence-electron chi connectivity index (χ3n) is 4.51.